The Balaban J connectivity index is 1.99. The molecule has 10 heteroatoms. The Hall–Kier alpha value is -3.71. The van der Waals surface area contributed by atoms with Crippen molar-refractivity contribution in [2.75, 3.05) is 16.2 Å². The largest absolute Gasteiger partial charge is 0.359 e. The Morgan fingerprint density at radius 3 is 2.57 bits per heavy atom. The number of allylic oxidation sites excluding steroid dienone is 1. The third kappa shape index (κ3) is 3.84. The van der Waals surface area contributed by atoms with Gasteiger partial charge >= 0.3 is 0 Å². The van der Waals surface area contributed by atoms with E-state index in [0.29, 0.717) is 11.4 Å². The summed E-state index contributed by atoms with van der Waals surface area (Å²) in [5.74, 6) is 0.106. The van der Waals surface area contributed by atoms with E-state index in [1.807, 2.05) is 12.1 Å². The van der Waals surface area contributed by atoms with Crippen LogP contribution in [0.4, 0.5) is 11.4 Å². The highest BCUT2D eigenvalue weighted by molar-refractivity contribution is 7.93. The van der Waals surface area contributed by atoms with Crippen molar-refractivity contribution >= 4 is 27.0 Å². The van der Waals surface area contributed by atoms with Gasteiger partial charge in [-0.3, -0.25) is 4.31 Å². The Kier molecular flexibility index (Phi) is 5.67. The molecule has 28 heavy (non-hydrogen) atoms. The maximum Gasteiger partial charge on any atom is 0.266 e. The lowest BCUT2D eigenvalue weighted by Gasteiger charge is -2.24. The predicted octanol–water partition coefficient (Wildman–Crippen LogP) is 2.39. The van der Waals surface area contributed by atoms with Crippen molar-refractivity contribution in [2.24, 2.45) is 0 Å². The van der Waals surface area contributed by atoms with E-state index < -0.39 is 10.0 Å². The summed E-state index contributed by atoms with van der Waals surface area (Å²) >= 11 is 0. The summed E-state index contributed by atoms with van der Waals surface area (Å²) < 4.78 is 27.9. The Labute approximate surface area is 162 Å². The molecule has 0 unspecified atom stereocenters. The molecule has 0 saturated carbocycles. The van der Waals surface area contributed by atoms with Crippen molar-refractivity contribution < 1.29 is 8.42 Å². The van der Waals surface area contributed by atoms with Crippen molar-refractivity contribution in [1.82, 2.24) is 20.6 Å². The van der Waals surface area contributed by atoms with E-state index in [0.717, 1.165) is 0 Å². The summed E-state index contributed by atoms with van der Waals surface area (Å²) in [6.07, 6.45) is 1.35. The number of rotatable bonds is 7. The standard InChI is InChI=1S/C18H17N7O2S/c1-2-25(15-8-4-3-5-9-15)28(26,27)17-11-7-6-10-16(17)20-13-14(12-19)18-21-23-24-22-18/h3-11,13,20H,2H2,1H3,(H,21,22,23,24). The number of H-pyrrole nitrogens is 1. The number of tetrazole rings is 1. The van der Waals surface area contributed by atoms with Gasteiger partial charge in [0, 0.05) is 12.7 Å². The van der Waals surface area contributed by atoms with Gasteiger partial charge in [-0.2, -0.15) is 10.5 Å². The first-order chi connectivity index (χ1) is 13.6. The zero-order valence-electron chi connectivity index (χ0n) is 14.9. The second-order valence-corrected chi connectivity index (χ2v) is 7.38. The second-order valence-electron chi connectivity index (χ2n) is 5.55. The van der Waals surface area contributed by atoms with Crippen LogP contribution >= 0.6 is 0 Å². The molecule has 2 aromatic carbocycles. The lowest BCUT2D eigenvalue weighted by Crippen LogP contribution is -2.31. The maximum atomic E-state index is 13.3. The maximum absolute atomic E-state index is 13.3. The van der Waals surface area contributed by atoms with Crippen LogP contribution in [0.25, 0.3) is 5.57 Å². The van der Waals surface area contributed by atoms with Gasteiger partial charge in [0.15, 0.2) is 0 Å². The number of para-hydroxylation sites is 2. The van der Waals surface area contributed by atoms with Gasteiger partial charge in [-0.15, -0.1) is 10.2 Å². The number of anilines is 2. The molecule has 0 aliphatic carbocycles. The summed E-state index contributed by atoms with van der Waals surface area (Å²) in [5.41, 5.74) is 1.00. The fourth-order valence-electron chi connectivity index (χ4n) is 2.59. The zero-order chi connectivity index (χ0) is 20.0. The molecule has 3 rings (SSSR count). The van der Waals surface area contributed by atoms with Gasteiger partial charge in [0.05, 0.1) is 11.4 Å². The van der Waals surface area contributed by atoms with Crippen molar-refractivity contribution in [3.05, 3.63) is 66.6 Å². The first-order valence-electron chi connectivity index (χ1n) is 8.35. The highest BCUT2D eigenvalue weighted by atomic mass is 32.2. The van der Waals surface area contributed by atoms with Gasteiger partial charge in [0.2, 0.25) is 5.82 Å². The average Bonchev–Trinajstić information content (AvgIpc) is 3.24. The lowest BCUT2D eigenvalue weighted by atomic mass is 10.3. The first-order valence-corrected chi connectivity index (χ1v) is 9.79. The average molecular weight is 395 g/mol. The molecule has 2 N–H and O–H groups in total. The molecule has 0 bridgehead atoms. The van der Waals surface area contributed by atoms with Crippen LogP contribution < -0.4 is 9.62 Å². The Morgan fingerprint density at radius 1 is 1.21 bits per heavy atom. The Morgan fingerprint density at radius 2 is 1.93 bits per heavy atom. The van der Waals surface area contributed by atoms with E-state index in [4.69, 9.17) is 0 Å². The van der Waals surface area contributed by atoms with Crippen LogP contribution in [0, 0.1) is 11.3 Å². The number of sulfonamides is 1. The highest BCUT2D eigenvalue weighted by Crippen LogP contribution is 2.28. The fourth-order valence-corrected chi connectivity index (χ4v) is 4.22. The molecule has 0 radical (unpaired) electrons. The molecular formula is C18H17N7O2S. The zero-order valence-corrected chi connectivity index (χ0v) is 15.8. The number of aromatic amines is 1. The van der Waals surface area contributed by atoms with Crippen LogP contribution in [-0.4, -0.2) is 35.6 Å². The number of nitriles is 1. The molecule has 0 fully saturated rings. The van der Waals surface area contributed by atoms with Crippen LogP contribution in [0.1, 0.15) is 12.7 Å². The molecule has 0 saturated heterocycles. The number of aromatic nitrogens is 4. The third-order valence-electron chi connectivity index (χ3n) is 3.87. The smallest absolute Gasteiger partial charge is 0.266 e. The van der Waals surface area contributed by atoms with Crippen LogP contribution in [0.2, 0.25) is 0 Å². The number of hydrogen-bond donors (Lipinski definition) is 2. The molecule has 1 heterocycles. The van der Waals surface area contributed by atoms with Crippen molar-refractivity contribution in [2.45, 2.75) is 11.8 Å². The highest BCUT2D eigenvalue weighted by Gasteiger charge is 2.26. The van der Waals surface area contributed by atoms with Crippen LogP contribution in [0.15, 0.2) is 65.7 Å². The fraction of sp³-hybridized carbons (Fsp3) is 0.111. The van der Waals surface area contributed by atoms with Gasteiger partial charge in [0.1, 0.15) is 16.5 Å². The SMILES string of the molecule is CCN(c1ccccc1)S(=O)(=O)c1ccccc1NC=C(C#N)c1nn[nH]n1. The van der Waals surface area contributed by atoms with E-state index in [1.165, 1.54) is 16.6 Å². The lowest BCUT2D eigenvalue weighted by molar-refractivity contribution is 0.592. The summed E-state index contributed by atoms with van der Waals surface area (Å²) in [6.45, 7) is 2.04. The molecule has 3 aromatic rings. The van der Waals surface area contributed by atoms with Gasteiger partial charge in [-0.25, -0.2) is 8.42 Å². The molecule has 0 aliphatic heterocycles. The van der Waals surface area contributed by atoms with E-state index in [2.05, 4.69) is 25.9 Å². The monoisotopic (exact) mass is 395 g/mol. The van der Waals surface area contributed by atoms with Crippen LogP contribution in [0.3, 0.4) is 0 Å². The van der Waals surface area contributed by atoms with Gasteiger partial charge in [0.25, 0.3) is 10.0 Å². The second kappa shape index (κ2) is 8.32. The summed E-state index contributed by atoms with van der Waals surface area (Å²) in [7, 11) is -3.83. The Bertz CT molecular complexity index is 1100. The van der Waals surface area contributed by atoms with E-state index in [9.17, 15) is 13.7 Å². The quantitative estimate of drug-likeness (QED) is 0.588. The molecule has 0 atom stereocenters. The number of nitrogens with one attached hydrogen (secondary N) is 2. The number of nitrogens with zero attached hydrogens (tertiary/aromatic N) is 5. The predicted molar refractivity (Wildman–Crippen MR) is 104 cm³/mol. The molecule has 1 aromatic heterocycles. The molecule has 0 amide bonds. The molecule has 0 aliphatic rings. The minimum absolute atomic E-state index is 0.0855. The van der Waals surface area contributed by atoms with Crippen molar-refractivity contribution in [3.8, 4) is 6.07 Å². The van der Waals surface area contributed by atoms with E-state index in [1.54, 1.807) is 49.4 Å². The molecule has 142 valence electrons. The topological polar surface area (TPSA) is 128 Å². The minimum atomic E-state index is -3.83. The normalized spacial score (nSPS) is 11.6. The van der Waals surface area contributed by atoms with Crippen LogP contribution in [0.5, 0.6) is 0 Å². The molecule has 9 nitrogen and oxygen atoms in total. The summed E-state index contributed by atoms with van der Waals surface area (Å²) in [4.78, 5) is 0.0855. The van der Waals surface area contributed by atoms with Gasteiger partial charge in [-0.1, -0.05) is 30.3 Å². The molecular weight excluding hydrogens is 378 g/mol. The van der Waals surface area contributed by atoms with Gasteiger partial charge < -0.3 is 5.32 Å². The van der Waals surface area contributed by atoms with Crippen molar-refractivity contribution in [1.29, 1.82) is 5.26 Å². The number of benzene rings is 2. The van der Waals surface area contributed by atoms with Crippen LogP contribution in [-0.2, 0) is 10.0 Å². The number of hydrogen-bond acceptors (Lipinski definition) is 7. The third-order valence-corrected chi connectivity index (χ3v) is 5.83. The minimum Gasteiger partial charge on any atom is -0.359 e. The molecule has 0 spiro atoms. The first kappa shape index (κ1) is 19.1. The van der Waals surface area contributed by atoms with Gasteiger partial charge in [-0.05, 0) is 36.4 Å². The van der Waals surface area contributed by atoms with E-state index in [-0.39, 0.29) is 22.8 Å². The summed E-state index contributed by atoms with van der Waals surface area (Å²) in [6, 6.07) is 17.3. The summed E-state index contributed by atoms with van der Waals surface area (Å²) in [5, 5.41) is 25.3. The van der Waals surface area contributed by atoms with Crippen molar-refractivity contribution in [3.63, 3.8) is 0 Å². The van der Waals surface area contributed by atoms with E-state index >= 15 is 0 Å².